The maximum absolute atomic E-state index is 11.7. The van der Waals surface area contributed by atoms with E-state index in [1.807, 2.05) is 18.3 Å². The van der Waals surface area contributed by atoms with Crippen molar-refractivity contribution in [2.75, 3.05) is 0 Å². The van der Waals surface area contributed by atoms with E-state index >= 15 is 0 Å². The molecule has 2 heterocycles. The lowest BCUT2D eigenvalue weighted by Crippen LogP contribution is -2.33. The number of aromatic nitrogens is 2. The monoisotopic (exact) mass is 229 g/mol. The van der Waals surface area contributed by atoms with Gasteiger partial charge in [-0.25, -0.2) is 4.98 Å². The fourth-order valence-electron chi connectivity index (χ4n) is 2.16. The largest absolute Gasteiger partial charge is 0.352 e. The van der Waals surface area contributed by atoms with Crippen molar-refractivity contribution in [3.8, 4) is 0 Å². The molecule has 2 aromatic heterocycles. The summed E-state index contributed by atoms with van der Waals surface area (Å²) in [6.45, 7) is 0.584. The number of pyridine rings is 1. The van der Waals surface area contributed by atoms with Crippen molar-refractivity contribution in [3.63, 3.8) is 0 Å². The Bertz CT molecular complexity index is 542. The smallest absolute Gasteiger partial charge is 0.223 e. The van der Waals surface area contributed by atoms with Crippen LogP contribution in [0.2, 0.25) is 0 Å². The molecule has 0 unspecified atom stereocenters. The molecule has 0 saturated heterocycles. The Kier molecular flexibility index (Phi) is 2.55. The first-order valence-corrected chi connectivity index (χ1v) is 6.03. The molecule has 2 aromatic rings. The molecule has 17 heavy (non-hydrogen) atoms. The third kappa shape index (κ3) is 1.90. The van der Waals surface area contributed by atoms with Crippen LogP contribution in [0, 0.1) is 5.92 Å². The lowest BCUT2D eigenvalue weighted by atomic mass is 9.85. The average molecular weight is 229 g/mol. The Morgan fingerprint density at radius 1 is 1.53 bits per heavy atom. The summed E-state index contributed by atoms with van der Waals surface area (Å²) in [6.07, 6.45) is 6.95. The second kappa shape index (κ2) is 4.20. The Hall–Kier alpha value is -1.84. The fraction of sp³-hybridized carbons (Fsp3) is 0.385. The van der Waals surface area contributed by atoms with Crippen molar-refractivity contribution in [1.29, 1.82) is 0 Å². The number of rotatable bonds is 3. The van der Waals surface area contributed by atoms with Crippen LogP contribution in [0.15, 0.2) is 24.5 Å². The topological polar surface area (TPSA) is 57.8 Å². The molecule has 0 atom stereocenters. The highest BCUT2D eigenvalue weighted by atomic mass is 16.1. The van der Waals surface area contributed by atoms with Gasteiger partial charge in [0.25, 0.3) is 0 Å². The number of carbonyl (C=O) groups is 1. The molecule has 88 valence electrons. The highest BCUT2D eigenvalue weighted by Gasteiger charge is 2.24. The van der Waals surface area contributed by atoms with Gasteiger partial charge in [-0.15, -0.1) is 0 Å². The number of carbonyl (C=O) groups excluding carboxylic acids is 1. The van der Waals surface area contributed by atoms with Gasteiger partial charge >= 0.3 is 0 Å². The van der Waals surface area contributed by atoms with E-state index < -0.39 is 0 Å². The van der Waals surface area contributed by atoms with Crippen LogP contribution in [0.1, 0.15) is 24.8 Å². The average Bonchev–Trinajstić information content (AvgIpc) is 2.67. The van der Waals surface area contributed by atoms with E-state index in [2.05, 4.69) is 15.3 Å². The van der Waals surface area contributed by atoms with Crippen molar-refractivity contribution >= 4 is 16.9 Å². The molecule has 4 nitrogen and oxygen atoms in total. The van der Waals surface area contributed by atoms with Crippen LogP contribution in [0.5, 0.6) is 0 Å². The molecule has 1 aliphatic rings. The van der Waals surface area contributed by atoms with Crippen LogP contribution in [-0.4, -0.2) is 15.9 Å². The molecule has 0 bridgehead atoms. The standard InChI is InChI=1S/C13H15N3O/c17-13(9-3-1-4-9)16-8-10-7-15-12-11(10)5-2-6-14-12/h2,5-7,9H,1,3-4,8H2,(H,14,15)(H,16,17). The molecule has 0 spiro atoms. The van der Waals surface area contributed by atoms with E-state index in [0.717, 1.165) is 29.4 Å². The van der Waals surface area contributed by atoms with E-state index in [4.69, 9.17) is 0 Å². The normalized spacial score (nSPS) is 15.8. The van der Waals surface area contributed by atoms with Crippen LogP contribution in [0.25, 0.3) is 11.0 Å². The summed E-state index contributed by atoms with van der Waals surface area (Å²) in [4.78, 5) is 19.0. The first-order chi connectivity index (χ1) is 8.34. The van der Waals surface area contributed by atoms with Gasteiger partial charge in [0.05, 0.1) is 0 Å². The summed E-state index contributed by atoms with van der Waals surface area (Å²) in [5, 5.41) is 4.08. The molecular formula is C13H15N3O. The van der Waals surface area contributed by atoms with Crippen LogP contribution in [0.4, 0.5) is 0 Å². The van der Waals surface area contributed by atoms with Crippen LogP contribution in [0.3, 0.4) is 0 Å². The maximum atomic E-state index is 11.7. The van der Waals surface area contributed by atoms with Gasteiger partial charge in [0.2, 0.25) is 5.91 Å². The van der Waals surface area contributed by atoms with Crippen molar-refractivity contribution in [3.05, 3.63) is 30.1 Å². The molecule has 0 radical (unpaired) electrons. The minimum absolute atomic E-state index is 0.189. The van der Waals surface area contributed by atoms with E-state index in [1.165, 1.54) is 6.42 Å². The van der Waals surface area contributed by atoms with Crippen LogP contribution in [-0.2, 0) is 11.3 Å². The number of hydrogen-bond acceptors (Lipinski definition) is 2. The molecule has 0 aromatic carbocycles. The van der Waals surface area contributed by atoms with Crippen molar-refractivity contribution in [2.24, 2.45) is 5.92 Å². The van der Waals surface area contributed by atoms with E-state index in [1.54, 1.807) is 6.20 Å². The van der Waals surface area contributed by atoms with Gasteiger partial charge in [0, 0.05) is 30.2 Å². The highest BCUT2D eigenvalue weighted by molar-refractivity contribution is 5.82. The summed E-state index contributed by atoms with van der Waals surface area (Å²) in [5.74, 6) is 0.438. The van der Waals surface area contributed by atoms with Gasteiger partial charge < -0.3 is 10.3 Å². The molecule has 4 heteroatoms. The Morgan fingerprint density at radius 3 is 3.18 bits per heavy atom. The first-order valence-electron chi connectivity index (χ1n) is 6.03. The SMILES string of the molecule is O=C(NCc1c[nH]c2ncccc12)C1CCC1. The first kappa shape index (κ1) is 10.3. The van der Waals surface area contributed by atoms with Crippen molar-refractivity contribution in [2.45, 2.75) is 25.8 Å². The zero-order valence-corrected chi connectivity index (χ0v) is 9.57. The molecule has 0 aliphatic heterocycles. The minimum atomic E-state index is 0.189. The third-order valence-electron chi connectivity index (χ3n) is 3.47. The quantitative estimate of drug-likeness (QED) is 0.845. The third-order valence-corrected chi connectivity index (χ3v) is 3.47. The number of amides is 1. The number of H-pyrrole nitrogens is 1. The summed E-state index contributed by atoms with van der Waals surface area (Å²) >= 11 is 0. The maximum Gasteiger partial charge on any atom is 0.223 e. The van der Waals surface area contributed by atoms with E-state index in [9.17, 15) is 4.79 Å². The van der Waals surface area contributed by atoms with Crippen molar-refractivity contribution in [1.82, 2.24) is 15.3 Å². The highest BCUT2D eigenvalue weighted by Crippen LogP contribution is 2.26. The summed E-state index contributed by atoms with van der Waals surface area (Å²) in [5.41, 5.74) is 1.97. The number of fused-ring (bicyclic) bond motifs is 1. The zero-order chi connectivity index (χ0) is 11.7. The molecule has 2 N–H and O–H groups in total. The van der Waals surface area contributed by atoms with Gasteiger partial charge in [-0.1, -0.05) is 6.42 Å². The predicted octanol–water partition coefficient (Wildman–Crippen LogP) is 1.98. The number of nitrogens with zero attached hydrogens (tertiary/aromatic N) is 1. The van der Waals surface area contributed by atoms with Gasteiger partial charge in [-0.2, -0.15) is 0 Å². The number of nitrogens with one attached hydrogen (secondary N) is 2. The van der Waals surface area contributed by atoms with Gasteiger partial charge in [-0.05, 0) is 30.5 Å². The van der Waals surface area contributed by atoms with Gasteiger partial charge in [-0.3, -0.25) is 4.79 Å². The minimum Gasteiger partial charge on any atom is -0.352 e. The summed E-state index contributed by atoms with van der Waals surface area (Å²) in [6, 6.07) is 3.93. The molecule has 3 rings (SSSR count). The van der Waals surface area contributed by atoms with Crippen LogP contribution < -0.4 is 5.32 Å². The van der Waals surface area contributed by atoms with E-state index in [0.29, 0.717) is 6.54 Å². The Morgan fingerprint density at radius 2 is 2.41 bits per heavy atom. The fourth-order valence-corrected chi connectivity index (χ4v) is 2.16. The Balaban J connectivity index is 1.70. The van der Waals surface area contributed by atoms with Gasteiger partial charge in [0.1, 0.15) is 5.65 Å². The number of hydrogen-bond donors (Lipinski definition) is 2. The second-order valence-corrected chi connectivity index (χ2v) is 4.56. The van der Waals surface area contributed by atoms with E-state index in [-0.39, 0.29) is 11.8 Å². The number of aromatic amines is 1. The molecule has 1 aliphatic carbocycles. The molecule has 1 fully saturated rings. The summed E-state index contributed by atoms with van der Waals surface area (Å²) in [7, 11) is 0. The lowest BCUT2D eigenvalue weighted by Gasteiger charge is -2.23. The molecule has 1 saturated carbocycles. The summed E-state index contributed by atoms with van der Waals surface area (Å²) < 4.78 is 0. The molecule has 1 amide bonds. The second-order valence-electron chi connectivity index (χ2n) is 4.56. The van der Waals surface area contributed by atoms with Crippen molar-refractivity contribution < 1.29 is 4.79 Å². The lowest BCUT2D eigenvalue weighted by molar-refractivity contribution is -0.127. The van der Waals surface area contributed by atoms with Crippen LogP contribution >= 0.6 is 0 Å². The molecular weight excluding hydrogens is 214 g/mol. The predicted molar refractivity (Wildman–Crippen MR) is 65.3 cm³/mol. The van der Waals surface area contributed by atoms with Gasteiger partial charge in [0.15, 0.2) is 0 Å². The Labute approximate surface area is 99.4 Å². The zero-order valence-electron chi connectivity index (χ0n) is 9.57.